The van der Waals surface area contributed by atoms with Crippen molar-refractivity contribution in [3.05, 3.63) is 102 Å². The molecule has 1 atom stereocenters. The van der Waals surface area contributed by atoms with Gasteiger partial charge in [-0.1, -0.05) is 48.5 Å². The van der Waals surface area contributed by atoms with E-state index in [-0.39, 0.29) is 17.3 Å². The van der Waals surface area contributed by atoms with Gasteiger partial charge in [-0.05, 0) is 41.3 Å². The summed E-state index contributed by atoms with van der Waals surface area (Å²) in [5.41, 5.74) is 8.04. The first kappa shape index (κ1) is 21.6. The summed E-state index contributed by atoms with van der Waals surface area (Å²) in [5.74, 6) is -0.257. The third-order valence-electron chi connectivity index (χ3n) is 5.07. The summed E-state index contributed by atoms with van der Waals surface area (Å²) in [7, 11) is -3.75. The van der Waals surface area contributed by atoms with Crippen molar-refractivity contribution in [2.75, 3.05) is 11.9 Å². The van der Waals surface area contributed by atoms with Crippen LogP contribution in [0.4, 0.5) is 5.69 Å². The second kappa shape index (κ2) is 9.27. The average Bonchev–Trinajstić information content (AvgIpc) is 2.83. The van der Waals surface area contributed by atoms with Crippen molar-refractivity contribution in [1.29, 1.82) is 0 Å². The first-order valence-electron chi connectivity index (χ1n) is 9.98. The fraction of sp³-hybridized carbons (Fsp3) is 0.0833. The minimum atomic E-state index is -3.75. The number of carbonyl (C=O) groups is 1. The molecule has 0 aliphatic heterocycles. The Balaban J connectivity index is 1.42. The summed E-state index contributed by atoms with van der Waals surface area (Å²) in [6.45, 7) is 0.0219. The van der Waals surface area contributed by atoms with E-state index in [0.717, 1.165) is 5.39 Å². The third-order valence-corrected chi connectivity index (χ3v) is 6.55. The van der Waals surface area contributed by atoms with Crippen molar-refractivity contribution < 1.29 is 13.2 Å². The van der Waals surface area contributed by atoms with Gasteiger partial charge in [0.1, 0.15) is 0 Å². The predicted octanol–water partition coefficient (Wildman–Crippen LogP) is 3.47. The lowest BCUT2D eigenvalue weighted by atomic mass is 10.1. The molecule has 162 valence electrons. The van der Waals surface area contributed by atoms with Crippen LogP contribution < -0.4 is 15.8 Å². The number of anilines is 1. The van der Waals surface area contributed by atoms with Gasteiger partial charge in [0.25, 0.3) is 5.91 Å². The van der Waals surface area contributed by atoms with Crippen LogP contribution >= 0.6 is 0 Å². The van der Waals surface area contributed by atoms with Gasteiger partial charge in [-0.25, -0.2) is 13.1 Å². The molecule has 0 saturated carbocycles. The second-order valence-corrected chi connectivity index (χ2v) is 8.98. The number of pyridine rings is 1. The maximum Gasteiger partial charge on any atom is 0.255 e. The standard InChI is InChI=1S/C24H22N4O3S/c25-22(16-27-32(30,31)23-7-3-5-17-4-1-2-6-21(17)23)18-8-10-19(11-9-18)24(29)28-20-12-14-26-15-13-20/h1-15,22,27H,16,25H2,(H,26,28,29). The minimum absolute atomic E-state index is 0.0219. The number of aromatic nitrogens is 1. The number of hydrogen-bond acceptors (Lipinski definition) is 5. The average molecular weight is 447 g/mol. The number of benzene rings is 3. The van der Waals surface area contributed by atoms with E-state index in [2.05, 4.69) is 15.0 Å². The maximum atomic E-state index is 12.9. The van der Waals surface area contributed by atoms with Gasteiger partial charge in [-0.3, -0.25) is 9.78 Å². The van der Waals surface area contributed by atoms with E-state index in [1.165, 1.54) is 0 Å². The Morgan fingerprint density at radius 1 is 0.906 bits per heavy atom. The van der Waals surface area contributed by atoms with Crippen LogP contribution in [0.2, 0.25) is 0 Å². The van der Waals surface area contributed by atoms with E-state index >= 15 is 0 Å². The monoisotopic (exact) mass is 446 g/mol. The maximum absolute atomic E-state index is 12.9. The van der Waals surface area contributed by atoms with Crippen molar-refractivity contribution in [2.24, 2.45) is 5.73 Å². The minimum Gasteiger partial charge on any atom is -0.323 e. The Morgan fingerprint density at radius 3 is 2.34 bits per heavy atom. The number of rotatable bonds is 7. The van der Waals surface area contributed by atoms with Crippen LogP contribution in [-0.4, -0.2) is 25.9 Å². The van der Waals surface area contributed by atoms with Gasteiger partial charge in [0, 0.05) is 41.6 Å². The number of fused-ring (bicyclic) bond motifs is 1. The third kappa shape index (κ3) is 4.83. The van der Waals surface area contributed by atoms with Crippen LogP contribution in [0.25, 0.3) is 10.8 Å². The Hall–Kier alpha value is -3.59. The van der Waals surface area contributed by atoms with E-state index in [0.29, 0.717) is 22.2 Å². The molecule has 0 aliphatic rings. The number of nitrogens with two attached hydrogens (primary N) is 1. The normalized spacial score (nSPS) is 12.4. The smallest absolute Gasteiger partial charge is 0.255 e. The van der Waals surface area contributed by atoms with Gasteiger partial charge in [0.05, 0.1) is 4.90 Å². The van der Waals surface area contributed by atoms with Crippen molar-refractivity contribution in [1.82, 2.24) is 9.71 Å². The van der Waals surface area contributed by atoms with E-state index < -0.39 is 16.1 Å². The zero-order chi connectivity index (χ0) is 22.6. The Labute approximate surface area is 186 Å². The molecule has 32 heavy (non-hydrogen) atoms. The second-order valence-electron chi connectivity index (χ2n) is 7.25. The first-order chi connectivity index (χ1) is 15.4. The molecular formula is C24H22N4O3S. The molecule has 1 unspecified atom stereocenters. The largest absolute Gasteiger partial charge is 0.323 e. The molecule has 8 heteroatoms. The van der Waals surface area contributed by atoms with Crippen LogP contribution in [0.1, 0.15) is 22.0 Å². The Morgan fingerprint density at radius 2 is 1.59 bits per heavy atom. The Bertz CT molecular complexity index is 1340. The quantitative estimate of drug-likeness (QED) is 0.402. The van der Waals surface area contributed by atoms with Crippen molar-refractivity contribution >= 4 is 32.4 Å². The topological polar surface area (TPSA) is 114 Å². The van der Waals surface area contributed by atoms with E-state index in [4.69, 9.17) is 5.73 Å². The van der Waals surface area contributed by atoms with E-state index in [9.17, 15) is 13.2 Å². The molecule has 1 aromatic heterocycles. The van der Waals surface area contributed by atoms with Crippen molar-refractivity contribution in [2.45, 2.75) is 10.9 Å². The molecule has 0 fully saturated rings. The summed E-state index contributed by atoms with van der Waals surface area (Å²) in [6.07, 6.45) is 3.19. The fourth-order valence-electron chi connectivity index (χ4n) is 3.35. The molecule has 4 N–H and O–H groups in total. The summed E-state index contributed by atoms with van der Waals surface area (Å²) < 4.78 is 28.3. The van der Waals surface area contributed by atoms with Crippen molar-refractivity contribution in [3.8, 4) is 0 Å². The molecule has 0 radical (unpaired) electrons. The Kier molecular flexibility index (Phi) is 6.27. The first-order valence-corrected chi connectivity index (χ1v) is 11.5. The van der Waals surface area contributed by atoms with Crippen molar-refractivity contribution in [3.63, 3.8) is 0 Å². The highest BCUT2D eigenvalue weighted by atomic mass is 32.2. The number of hydrogen-bond donors (Lipinski definition) is 3. The van der Waals surface area contributed by atoms with Crippen LogP contribution in [0, 0.1) is 0 Å². The number of nitrogens with zero attached hydrogens (tertiary/aromatic N) is 1. The zero-order valence-electron chi connectivity index (χ0n) is 17.1. The lowest BCUT2D eigenvalue weighted by Gasteiger charge is -2.15. The highest BCUT2D eigenvalue weighted by molar-refractivity contribution is 7.89. The summed E-state index contributed by atoms with van der Waals surface area (Å²) in [5, 5.41) is 4.28. The number of carbonyl (C=O) groups excluding carboxylic acids is 1. The summed E-state index contributed by atoms with van der Waals surface area (Å²) in [4.78, 5) is 16.5. The highest BCUT2D eigenvalue weighted by Crippen LogP contribution is 2.23. The van der Waals surface area contributed by atoms with E-state index in [1.807, 2.05) is 18.2 Å². The molecule has 3 aromatic carbocycles. The van der Waals surface area contributed by atoms with Gasteiger partial charge in [-0.15, -0.1) is 0 Å². The number of amides is 1. The fourth-order valence-corrected chi connectivity index (χ4v) is 4.63. The molecule has 1 amide bonds. The molecule has 4 aromatic rings. The molecule has 1 heterocycles. The molecule has 0 bridgehead atoms. The van der Waals surface area contributed by atoms with Crippen LogP contribution in [0.5, 0.6) is 0 Å². The molecule has 0 spiro atoms. The lowest BCUT2D eigenvalue weighted by molar-refractivity contribution is 0.102. The van der Waals surface area contributed by atoms with Crippen LogP contribution in [0.15, 0.2) is 96.2 Å². The van der Waals surface area contributed by atoms with Gasteiger partial charge in [-0.2, -0.15) is 0 Å². The van der Waals surface area contributed by atoms with Gasteiger partial charge < -0.3 is 11.1 Å². The number of nitrogens with one attached hydrogen (secondary N) is 2. The van der Waals surface area contributed by atoms with Crippen LogP contribution in [-0.2, 0) is 10.0 Å². The van der Waals surface area contributed by atoms with Gasteiger partial charge >= 0.3 is 0 Å². The molecule has 7 nitrogen and oxygen atoms in total. The molecule has 0 aliphatic carbocycles. The number of sulfonamides is 1. The van der Waals surface area contributed by atoms with Crippen LogP contribution in [0.3, 0.4) is 0 Å². The summed E-state index contributed by atoms with van der Waals surface area (Å²) in [6, 6.07) is 22.1. The SMILES string of the molecule is NC(CNS(=O)(=O)c1cccc2ccccc12)c1ccc(C(=O)Nc2ccncc2)cc1. The lowest BCUT2D eigenvalue weighted by Crippen LogP contribution is -2.32. The van der Waals surface area contributed by atoms with Gasteiger partial charge in [0.15, 0.2) is 0 Å². The highest BCUT2D eigenvalue weighted by Gasteiger charge is 2.19. The van der Waals surface area contributed by atoms with Gasteiger partial charge in [0.2, 0.25) is 10.0 Å². The molecule has 4 rings (SSSR count). The van der Waals surface area contributed by atoms with E-state index in [1.54, 1.807) is 73.1 Å². The molecular weight excluding hydrogens is 424 g/mol. The zero-order valence-corrected chi connectivity index (χ0v) is 17.9. The predicted molar refractivity (Wildman–Crippen MR) is 125 cm³/mol. The summed E-state index contributed by atoms with van der Waals surface area (Å²) >= 11 is 0. The molecule has 0 saturated heterocycles.